The molecule has 15 heavy (non-hydrogen) atoms. The van der Waals surface area contributed by atoms with Gasteiger partial charge >= 0.3 is 0 Å². The van der Waals surface area contributed by atoms with E-state index in [1.807, 2.05) is 24.3 Å². The number of nitrogens with zero attached hydrogens (tertiary/aromatic N) is 1. The van der Waals surface area contributed by atoms with E-state index in [0.29, 0.717) is 5.02 Å². The van der Waals surface area contributed by atoms with Crippen molar-refractivity contribution >= 4 is 11.6 Å². The highest BCUT2D eigenvalue weighted by molar-refractivity contribution is 6.30. The van der Waals surface area contributed by atoms with Crippen molar-refractivity contribution in [1.29, 1.82) is 5.26 Å². The molecule has 1 fully saturated rings. The number of halogens is 1. The summed E-state index contributed by atoms with van der Waals surface area (Å²) in [6.45, 7) is 0. The Balaban J connectivity index is 2.24. The molecule has 0 amide bonds. The van der Waals surface area contributed by atoms with Gasteiger partial charge in [0.05, 0.1) is 11.5 Å². The van der Waals surface area contributed by atoms with E-state index in [1.54, 1.807) is 0 Å². The highest BCUT2D eigenvalue weighted by Gasteiger charge is 2.43. The first-order chi connectivity index (χ1) is 7.18. The Bertz CT molecular complexity index is 387. The lowest BCUT2D eigenvalue weighted by Crippen LogP contribution is -2.39. The summed E-state index contributed by atoms with van der Waals surface area (Å²) in [5, 5.41) is 9.87. The number of benzene rings is 1. The number of nitriles is 1. The standard InChI is InChI=1S/C12H13ClN2/c13-10-4-2-9(3-5-10)11(15)12(8-14)6-1-7-12/h2-5,11H,1,6-7,15H2. The van der Waals surface area contributed by atoms with Crippen molar-refractivity contribution in [2.24, 2.45) is 11.1 Å². The Hall–Kier alpha value is -1.04. The predicted octanol–water partition coefficient (Wildman–Crippen LogP) is 3.03. The Morgan fingerprint density at radius 3 is 2.33 bits per heavy atom. The van der Waals surface area contributed by atoms with Crippen LogP contribution in [0.4, 0.5) is 0 Å². The van der Waals surface area contributed by atoms with Crippen LogP contribution >= 0.6 is 11.6 Å². The molecule has 1 saturated carbocycles. The molecule has 1 atom stereocenters. The molecule has 2 N–H and O–H groups in total. The molecule has 1 aromatic rings. The summed E-state index contributed by atoms with van der Waals surface area (Å²) in [5.41, 5.74) is 6.79. The first kappa shape index (κ1) is 10.5. The van der Waals surface area contributed by atoms with Crippen LogP contribution in [0.15, 0.2) is 24.3 Å². The van der Waals surface area contributed by atoms with E-state index in [0.717, 1.165) is 24.8 Å². The maximum absolute atomic E-state index is 9.17. The average Bonchev–Trinajstić information content (AvgIpc) is 2.18. The van der Waals surface area contributed by atoms with Crippen LogP contribution in [0, 0.1) is 16.7 Å². The van der Waals surface area contributed by atoms with Crippen molar-refractivity contribution < 1.29 is 0 Å². The van der Waals surface area contributed by atoms with Gasteiger partial charge in [-0.25, -0.2) is 0 Å². The number of rotatable bonds is 2. The fourth-order valence-corrected chi connectivity index (χ4v) is 2.17. The molecule has 0 aromatic heterocycles. The molecule has 3 heteroatoms. The molecule has 0 spiro atoms. The lowest BCUT2D eigenvalue weighted by Gasteiger charge is -2.40. The molecule has 0 saturated heterocycles. The van der Waals surface area contributed by atoms with Gasteiger partial charge in [-0.3, -0.25) is 0 Å². The highest BCUT2D eigenvalue weighted by atomic mass is 35.5. The molecule has 0 aliphatic heterocycles. The van der Waals surface area contributed by atoms with Gasteiger partial charge in [-0.15, -0.1) is 0 Å². The molecular weight excluding hydrogens is 208 g/mol. The van der Waals surface area contributed by atoms with E-state index >= 15 is 0 Å². The van der Waals surface area contributed by atoms with Crippen LogP contribution in [0.3, 0.4) is 0 Å². The van der Waals surface area contributed by atoms with E-state index in [1.165, 1.54) is 0 Å². The topological polar surface area (TPSA) is 49.8 Å². The summed E-state index contributed by atoms with van der Waals surface area (Å²) in [7, 11) is 0. The summed E-state index contributed by atoms with van der Waals surface area (Å²) < 4.78 is 0. The molecule has 1 aliphatic rings. The largest absolute Gasteiger partial charge is 0.323 e. The van der Waals surface area contributed by atoms with E-state index < -0.39 is 0 Å². The fraction of sp³-hybridized carbons (Fsp3) is 0.417. The van der Waals surface area contributed by atoms with E-state index in [-0.39, 0.29) is 11.5 Å². The van der Waals surface area contributed by atoms with Gasteiger partial charge in [-0.05, 0) is 30.5 Å². The van der Waals surface area contributed by atoms with Crippen LogP contribution in [0.5, 0.6) is 0 Å². The predicted molar refractivity (Wildman–Crippen MR) is 60.3 cm³/mol. The van der Waals surface area contributed by atoms with Crippen molar-refractivity contribution in [3.05, 3.63) is 34.9 Å². The van der Waals surface area contributed by atoms with Gasteiger partial charge in [0.25, 0.3) is 0 Å². The summed E-state index contributed by atoms with van der Waals surface area (Å²) in [5.74, 6) is 0. The van der Waals surface area contributed by atoms with Crippen molar-refractivity contribution in [3.8, 4) is 6.07 Å². The van der Waals surface area contributed by atoms with Crippen LogP contribution in [-0.4, -0.2) is 0 Å². The Kier molecular flexibility index (Phi) is 2.68. The summed E-state index contributed by atoms with van der Waals surface area (Å²) in [6, 6.07) is 9.64. The molecule has 2 rings (SSSR count). The van der Waals surface area contributed by atoms with Crippen LogP contribution in [0.2, 0.25) is 5.02 Å². The van der Waals surface area contributed by atoms with Crippen LogP contribution in [0.25, 0.3) is 0 Å². The molecule has 1 unspecified atom stereocenters. The van der Waals surface area contributed by atoms with Crippen molar-refractivity contribution in [2.45, 2.75) is 25.3 Å². The minimum absolute atomic E-state index is 0.187. The fourth-order valence-electron chi connectivity index (χ4n) is 2.04. The Morgan fingerprint density at radius 2 is 1.93 bits per heavy atom. The van der Waals surface area contributed by atoms with Crippen molar-refractivity contribution in [2.75, 3.05) is 0 Å². The Labute approximate surface area is 94.7 Å². The molecule has 2 nitrogen and oxygen atoms in total. The van der Waals surface area contributed by atoms with Crippen LogP contribution in [0.1, 0.15) is 30.9 Å². The molecule has 0 bridgehead atoms. The third-order valence-corrected chi connectivity index (χ3v) is 3.54. The SMILES string of the molecule is N#CC1(C(N)c2ccc(Cl)cc2)CCC1. The normalized spacial score (nSPS) is 20.1. The maximum atomic E-state index is 9.17. The molecule has 78 valence electrons. The lowest BCUT2D eigenvalue weighted by molar-refractivity contribution is 0.169. The average molecular weight is 221 g/mol. The van der Waals surface area contributed by atoms with Gasteiger partial charge in [0, 0.05) is 11.1 Å². The van der Waals surface area contributed by atoms with E-state index in [9.17, 15) is 0 Å². The zero-order valence-electron chi connectivity index (χ0n) is 8.41. The minimum Gasteiger partial charge on any atom is -0.323 e. The van der Waals surface area contributed by atoms with Gasteiger partial charge in [0.1, 0.15) is 0 Å². The van der Waals surface area contributed by atoms with Gasteiger partial charge in [-0.2, -0.15) is 5.26 Å². The first-order valence-corrected chi connectivity index (χ1v) is 5.48. The number of hydrogen-bond acceptors (Lipinski definition) is 2. The van der Waals surface area contributed by atoms with E-state index in [2.05, 4.69) is 6.07 Å². The molecular formula is C12H13ClN2. The van der Waals surface area contributed by atoms with Gasteiger partial charge in [0.15, 0.2) is 0 Å². The number of nitrogens with two attached hydrogens (primary N) is 1. The molecule has 1 aromatic carbocycles. The summed E-state index contributed by atoms with van der Waals surface area (Å²) in [6.07, 6.45) is 2.93. The summed E-state index contributed by atoms with van der Waals surface area (Å²) >= 11 is 5.81. The lowest BCUT2D eigenvalue weighted by atomic mass is 9.64. The minimum atomic E-state index is -0.339. The quantitative estimate of drug-likeness (QED) is 0.833. The molecule has 0 radical (unpaired) electrons. The number of hydrogen-bond donors (Lipinski definition) is 1. The van der Waals surface area contributed by atoms with Crippen LogP contribution < -0.4 is 5.73 Å². The van der Waals surface area contributed by atoms with Gasteiger partial charge in [0.2, 0.25) is 0 Å². The second-order valence-corrected chi connectivity index (χ2v) is 4.59. The second-order valence-electron chi connectivity index (χ2n) is 4.15. The van der Waals surface area contributed by atoms with Crippen molar-refractivity contribution in [1.82, 2.24) is 0 Å². The monoisotopic (exact) mass is 220 g/mol. The maximum Gasteiger partial charge on any atom is 0.0766 e. The highest BCUT2D eigenvalue weighted by Crippen LogP contribution is 2.48. The second kappa shape index (κ2) is 3.84. The molecule has 1 aliphatic carbocycles. The van der Waals surface area contributed by atoms with Crippen molar-refractivity contribution in [3.63, 3.8) is 0 Å². The first-order valence-electron chi connectivity index (χ1n) is 5.10. The third-order valence-electron chi connectivity index (χ3n) is 3.29. The van der Waals surface area contributed by atoms with Crippen LogP contribution in [-0.2, 0) is 0 Å². The smallest absolute Gasteiger partial charge is 0.0766 e. The third kappa shape index (κ3) is 1.73. The van der Waals surface area contributed by atoms with Gasteiger partial charge in [-0.1, -0.05) is 30.2 Å². The van der Waals surface area contributed by atoms with E-state index in [4.69, 9.17) is 22.6 Å². The zero-order valence-corrected chi connectivity index (χ0v) is 9.17. The zero-order chi connectivity index (χ0) is 10.9. The van der Waals surface area contributed by atoms with Gasteiger partial charge < -0.3 is 5.73 Å². The Morgan fingerprint density at radius 1 is 1.33 bits per heavy atom. The molecule has 0 heterocycles. The summed E-state index contributed by atoms with van der Waals surface area (Å²) in [4.78, 5) is 0.